The van der Waals surface area contributed by atoms with Crippen LogP contribution in [0.25, 0.3) is 16.5 Å². The molecule has 2 aromatic carbocycles. The lowest BCUT2D eigenvalue weighted by Gasteiger charge is -2.11. The Kier molecular flexibility index (Phi) is 5.91. The Hall–Kier alpha value is -2.91. The van der Waals surface area contributed by atoms with E-state index in [9.17, 15) is 0 Å². The number of hydrogen-bond acceptors (Lipinski definition) is 3. The highest BCUT2D eigenvalue weighted by atomic mass is 16.5. The zero-order chi connectivity index (χ0) is 15.6. The van der Waals surface area contributed by atoms with Crippen LogP contribution in [0, 0.1) is 0 Å². The first-order chi connectivity index (χ1) is 10.8. The summed E-state index contributed by atoms with van der Waals surface area (Å²) in [5, 5.41) is 3.45. The van der Waals surface area contributed by atoms with Crippen LogP contribution in [0.1, 0.15) is 11.1 Å². The minimum atomic E-state index is 0.324. The van der Waals surface area contributed by atoms with E-state index in [1.165, 1.54) is 0 Å². The molecule has 0 atom stereocenters. The van der Waals surface area contributed by atoms with Gasteiger partial charge in [0, 0.05) is 11.5 Å². The molecule has 0 amide bonds. The van der Waals surface area contributed by atoms with E-state index in [2.05, 4.69) is 10.0 Å². The van der Waals surface area contributed by atoms with E-state index in [4.69, 9.17) is 15.0 Å². The molecular formula is C17H17N3O2. The van der Waals surface area contributed by atoms with Crippen LogP contribution in [0.4, 0.5) is 0 Å². The van der Waals surface area contributed by atoms with Gasteiger partial charge in [-0.2, -0.15) is 0 Å². The van der Waals surface area contributed by atoms with Crippen LogP contribution in [0.5, 0.6) is 11.5 Å². The average Bonchev–Trinajstić information content (AvgIpc) is 2.58. The summed E-state index contributed by atoms with van der Waals surface area (Å²) in [6, 6.07) is 15.6. The molecule has 2 rings (SSSR count). The zero-order valence-corrected chi connectivity index (χ0v) is 12.3. The monoisotopic (exact) mass is 295 g/mol. The van der Waals surface area contributed by atoms with Gasteiger partial charge in [-0.3, -0.25) is 0 Å². The molecule has 0 spiro atoms. The van der Waals surface area contributed by atoms with Gasteiger partial charge in [-0.05, 0) is 28.8 Å². The molecule has 5 nitrogen and oxygen atoms in total. The SMILES string of the molecule is COc1cc(C=CCN=[N+]=[N-])ccc1OCc1ccccc1. The summed E-state index contributed by atoms with van der Waals surface area (Å²) in [6.07, 6.45) is 3.66. The van der Waals surface area contributed by atoms with Gasteiger partial charge in [-0.1, -0.05) is 53.7 Å². The summed E-state index contributed by atoms with van der Waals surface area (Å²) in [6.45, 7) is 0.814. The molecule has 0 radical (unpaired) electrons. The van der Waals surface area contributed by atoms with Gasteiger partial charge in [0.05, 0.1) is 7.11 Å². The van der Waals surface area contributed by atoms with E-state index < -0.39 is 0 Å². The van der Waals surface area contributed by atoms with E-state index >= 15 is 0 Å². The standard InChI is InChI=1S/C17H17N3O2/c1-21-17-12-14(8-5-11-19-20-18)9-10-16(17)22-13-15-6-3-2-4-7-15/h2-10,12H,11,13H2,1H3. The van der Waals surface area contributed by atoms with Crippen LogP contribution in [-0.4, -0.2) is 13.7 Å². The van der Waals surface area contributed by atoms with Gasteiger partial charge >= 0.3 is 0 Å². The van der Waals surface area contributed by atoms with Gasteiger partial charge in [0.25, 0.3) is 0 Å². The average molecular weight is 295 g/mol. The summed E-state index contributed by atoms with van der Waals surface area (Å²) < 4.78 is 11.2. The molecule has 0 bridgehead atoms. The number of azide groups is 1. The molecule has 0 aliphatic carbocycles. The highest BCUT2D eigenvalue weighted by Crippen LogP contribution is 2.29. The second-order valence-electron chi connectivity index (χ2n) is 4.50. The third kappa shape index (κ3) is 4.58. The van der Waals surface area contributed by atoms with E-state index in [0.29, 0.717) is 24.7 Å². The van der Waals surface area contributed by atoms with E-state index in [1.54, 1.807) is 13.2 Å². The van der Waals surface area contributed by atoms with Crippen molar-refractivity contribution in [3.63, 3.8) is 0 Å². The predicted molar refractivity (Wildman–Crippen MR) is 86.8 cm³/mol. The first kappa shape index (κ1) is 15.5. The minimum absolute atomic E-state index is 0.324. The number of rotatable bonds is 7. The maximum Gasteiger partial charge on any atom is 0.161 e. The number of hydrogen-bond donors (Lipinski definition) is 0. The molecule has 0 unspecified atom stereocenters. The van der Waals surface area contributed by atoms with Crippen LogP contribution >= 0.6 is 0 Å². The van der Waals surface area contributed by atoms with Gasteiger partial charge in [0.2, 0.25) is 0 Å². The Labute approximate surface area is 129 Å². The summed E-state index contributed by atoms with van der Waals surface area (Å²) in [4.78, 5) is 2.70. The Morgan fingerprint density at radius 1 is 1.14 bits per heavy atom. The van der Waals surface area contributed by atoms with E-state index in [1.807, 2.05) is 54.6 Å². The molecule has 0 saturated heterocycles. The third-order valence-corrected chi connectivity index (χ3v) is 2.99. The second-order valence-corrected chi connectivity index (χ2v) is 4.50. The van der Waals surface area contributed by atoms with Crippen LogP contribution in [0.15, 0.2) is 59.7 Å². The molecule has 0 N–H and O–H groups in total. The van der Waals surface area contributed by atoms with Crippen molar-refractivity contribution < 1.29 is 9.47 Å². The smallest absolute Gasteiger partial charge is 0.161 e. The number of nitrogens with zero attached hydrogens (tertiary/aromatic N) is 3. The third-order valence-electron chi connectivity index (χ3n) is 2.99. The Morgan fingerprint density at radius 3 is 2.68 bits per heavy atom. The molecule has 0 aliphatic heterocycles. The van der Waals surface area contributed by atoms with Crippen molar-refractivity contribution in [1.82, 2.24) is 0 Å². The van der Waals surface area contributed by atoms with Crippen molar-refractivity contribution in [2.45, 2.75) is 6.61 Å². The van der Waals surface area contributed by atoms with Crippen molar-refractivity contribution in [3.05, 3.63) is 76.2 Å². The Morgan fingerprint density at radius 2 is 1.95 bits per heavy atom. The number of ether oxygens (including phenoxy) is 2. The minimum Gasteiger partial charge on any atom is -0.493 e. The summed E-state index contributed by atoms with van der Waals surface area (Å²) in [5.41, 5.74) is 10.3. The molecule has 0 heterocycles. The highest BCUT2D eigenvalue weighted by molar-refractivity contribution is 5.56. The van der Waals surface area contributed by atoms with Crippen molar-refractivity contribution in [3.8, 4) is 11.5 Å². The molecule has 0 aliphatic rings. The van der Waals surface area contributed by atoms with Crippen molar-refractivity contribution in [1.29, 1.82) is 0 Å². The molecule has 5 heteroatoms. The van der Waals surface area contributed by atoms with Crippen LogP contribution < -0.4 is 9.47 Å². The molecular weight excluding hydrogens is 278 g/mol. The number of methoxy groups -OCH3 is 1. The lowest BCUT2D eigenvalue weighted by Crippen LogP contribution is -1.97. The maximum absolute atomic E-state index is 8.22. The summed E-state index contributed by atoms with van der Waals surface area (Å²) in [5.74, 6) is 1.36. The Bertz CT molecular complexity index is 678. The highest BCUT2D eigenvalue weighted by Gasteiger charge is 2.05. The van der Waals surface area contributed by atoms with Crippen molar-refractivity contribution in [2.24, 2.45) is 5.11 Å². The molecule has 112 valence electrons. The van der Waals surface area contributed by atoms with Crippen LogP contribution in [0.3, 0.4) is 0 Å². The van der Waals surface area contributed by atoms with Gasteiger partial charge in [0.1, 0.15) is 6.61 Å². The largest absolute Gasteiger partial charge is 0.493 e. The first-order valence-corrected chi connectivity index (χ1v) is 6.85. The van der Waals surface area contributed by atoms with Gasteiger partial charge in [0.15, 0.2) is 11.5 Å². The number of benzene rings is 2. The summed E-state index contributed by atoms with van der Waals surface area (Å²) >= 11 is 0. The normalized spacial score (nSPS) is 10.2. The fourth-order valence-corrected chi connectivity index (χ4v) is 1.91. The molecule has 2 aromatic rings. The molecule has 0 aromatic heterocycles. The van der Waals surface area contributed by atoms with E-state index in [0.717, 1.165) is 11.1 Å². The molecule has 0 saturated carbocycles. The zero-order valence-electron chi connectivity index (χ0n) is 12.3. The topological polar surface area (TPSA) is 67.2 Å². The van der Waals surface area contributed by atoms with E-state index in [-0.39, 0.29) is 0 Å². The second kappa shape index (κ2) is 8.39. The fraction of sp³-hybridized carbons (Fsp3) is 0.176. The fourth-order valence-electron chi connectivity index (χ4n) is 1.91. The quantitative estimate of drug-likeness (QED) is 0.425. The molecule has 0 fully saturated rings. The first-order valence-electron chi connectivity index (χ1n) is 6.85. The van der Waals surface area contributed by atoms with Crippen molar-refractivity contribution >= 4 is 6.08 Å². The van der Waals surface area contributed by atoms with Crippen LogP contribution in [-0.2, 0) is 6.61 Å². The van der Waals surface area contributed by atoms with Crippen molar-refractivity contribution in [2.75, 3.05) is 13.7 Å². The molecule has 22 heavy (non-hydrogen) atoms. The lowest BCUT2D eigenvalue weighted by atomic mass is 10.2. The summed E-state index contributed by atoms with van der Waals surface area (Å²) in [7, 11) is 1.61. The van der Waals surface area contributed by atoms with Gasteiger partial charge in [-0.15, -0.1) is 0 Å². The Balaban J connectivity index is 2.05. The predicted octanol–water partition coefficient (Wildman–Crippen LogP) is 4.60. The van der Waals surface area contributed by atoms with Crippen LogP contribution in [0.2, 0.25) is 0 Å². The van der Waals surface area contributed by atoms with Gasteiger partial charge < -0.3 is 9.47 Å². The van der Waals surface area contributed by atoms with Gasteiger partial charge in [-0.25, -0.2) is 0 Å². The lowest BCUT2D eigenvalue weighted by molar-refractivity contribution is 0.284. The maximum atomic E-state index is 8.22.